The molecule has 0 spiro atoms. The molecule has 0 radical (unpaired) electrons. The summed E-state index contributed by atoms with van der Waals surface area (Å²) in [4.78, 5) is 29.7. The minimum absolute atomic E-state index is 0.0365. The molecule has 0 saturated heterocycles. The van der Waals surface area contributed by atoms with Crippen molar-refractivity contribution in [2.45, 2.75) is 11.3 Å². The van der Waals surface area contributed by atoms with Crippen molar-refractivity contribution in [2.24, 2.45) is 0 Å². The van der Waals surface area contributed by atoms with Crippen LogP contribution < -0.4 is 10.9 Å². The van der Waals surface area contributed by atoms with Crippen LogP contribution in [0.15, 0.2) is 69.9 Å². The molecular formula is C21H13F4N3O2S2. The number of hydrogen-bond donors (Lipinski definition) is 1. The van der Waals surface area contributed by atoms with Gasteiger partial charge in [-0.3, -0.25) is 14.2 Å². The summed E-state index contributed by atoms with van der Waals surface area (Å²) in [6.07, 6.45) is -4.63. The first kappa shape index (κ1) is 22.0. The summed E-state index contributed by atoms with van der Waals surface area (Å²) < 4.78 is 55.3. The molecule has 0 aliphatic carbocycles. The summed E-state index contributed by atoms with van der Waals surface area (Å²) in [6, 6.07) is 11.9. The fourth-order valence-corrected chi connectivity index (χ4v) is 4.56. The summed E-state index contributed by atoms with van der Waals surface area (Å²) in [5, 5.41) is 3.95. The number of aromatic nitrogens is 2. The zero-order chi connectivity index (χ0) is 22.9. The Balaban J connectivity index is 1.64. The predicted molar refractivity (Wildman–Crippen MR) is 116 cm³/mol. The lowest BCUT2D eigenvalue weighted by atomic mass is 10.1. The summed E-state index contributed by atoms with van der Waals surface area (Å²) in [7, 11) is 0. The minimum Gasteiger partial charge on any atom is -0.325 e. The molecule has 1 amide bonds. The van der Waals surface area contributed by atoms with Crippen LogP contribution in [0.3, 0.4) is 0 Å². The van der Waals surface area contributed by atoms with E-state index in [9.17, 15) is 27.2 Å². The molecule has 0 saturated carbocycles. The minimum atomic E-state index is -4.63. The number of para-hydroxylation sites is 2. The number of carbonyl (C=O) groups is 1. The van der Waals surface area contributed by atoms with Gasteiger partial charge in [0.15, 0.2) is 5.16 Å². The Morgan fingerprint density at radius 3 is 2.56 bits per heavy atom. The molecule has 0 aliphatic heterocycles. The molecule has 0 fully saturated rings. The molecule has 2 heterocycles. The molecule has 4 rings (SSSR count). The molecule has 0 atom stereocenters. The number of amides is 1. The van der Waals surface area contributed by atoms with E-state index in [4.69, 9.17) is 0 Å². The van der Waals surface area contributed by atoms with E-state index in [1.165, 1.54) is 30.3 Å². The van der Waals surface area contributed by atoms with Crippen molar-refractivity contribution in [2.75, 3.05) is 11.1 Å². The van der Waals surface area contributed by atoms with E-state index in [1.54, 1.807) is 17.5 Å². The number of anilines is 1. The number of nitrogens with zero attached hydrogens (tertiary/aromatic N) is 2. The number of nitrogens with one attached hydrogen (secondary N) is 1. The van der Waals surface area contributed by atoms with Gasteiger partial charge in [0, 0.05) is 0 Å². The van der Waals surface area contributed by atoms with Crippen molar-refractivity contribution >= 4 is 44.9 Å². The van der Waals surface area contributed by atoms with Gasteiger partial charge in [-0.05, 0) is 35.7 Å². The highest BCUT2D eigenvalue weighted by Crippen LogP contribution is 2.34. The highest BCUT2D eigenvalue weighted by atomic mass is 32.2. The molecule has 11 heteroatoms. The Kier molecular flexibility index (Phi) is 6.02. The van der Waals surface area contributed by atoms with Crippen molar-refractivity contribution in [3.8, 4) is 5.69 Å². The Morgan fingerprint density at radius 1 is 1.09 bits per heavy atom. The molecule has 32 heavy (non-hydrogen) atoms. The third kappa shape index (κ3) is 4.39. The normalized spacial score (nSPS) is 11.6. The molecule has 0 bridgehead atoms. The molecule has 1 N–H and O–H groups in total. The van der Waals surface area contributed by atoms with E-state index < -0.39 is 29.0 Å². The number of hydrogen-bond acceptors (Lipinski definition) is 5. The van der Waals surface area contributed by atoms with Crippen LogP contribution in [0.25, 0.3) is 15.9 Å². The highest BCUT2D eigenvalue weighted by Gasteiger charge is 2.33. The smallest absolute Gasteiger partial charge is 0.325 e. The monoisotopic (exact) mass is 479 g/mol. The third-order valence-electron chi connectivity index (χ3n) is 4.38. The van der Waals surface area contributed by atoms with Crippen LogP contribution in [0.4, 0.5) is 23.2 Å². The Bertz CT molecular complexity index is 1370. The van der Waals surface area contributed by atoms with Gasteiger partial charge < -0.3 is 5.32 Å². The van der Waals surface area contributed by atoms with E-state index in [0.717, 1.165) is 39.8 Å². The van der Waals surface area contributed by atoms with Gasteiger partial charge in [-0.1, -0.05) is 36.0 Å². The maximum Gasteiger partial charge on any atom is 0.418 e. The number of alkyl halides is 3. The van der Waals surface area contributed by atoms with E-state index in [0.29, 0.717) is 10.2 Å². The standard InChI is InChI=1S/C21H13F4N3O2S2/c22-13-6-2-4-8-16(13)28-19(30)18-15(9-10-31-18)27-20(28)32-11-17(29)26-14-7-3-1-5-12(14)21(23,24)25/h1-10H,11H2,(H,26,29). The Labute approximate surface area is 186 Å². The molecule has 0 aliphatic rings. The molecule has 0 unspecified atom stereocenters. The van der Waals surface area contributed by atoms with Crippen LogP contribution in [-0.2, 0) is 11.0 Å². The van der Waals surface area contributed by atoms with Crippen molar-refractivity contribution in [3.63, 3.8) is 0 Å². The largest absolute Gasteiger partial charge is 0.418 e. The molecule has 2 aromatic heterocycles. The second-order valence-corrected chi connectivity index (χ2v) is 8.36. The van der Waals surface area contributed by atoms with Crippen LogP contribution in [-0.4, -0.2) is 21.2 Å². The SMILES string of the molecule is O=C(CSc1nc2ccsc2c(=O)n1-c1ccccc1F)Nc1ccccc1C(F)(F)F. The second kappa shape index (κ2) is 8.75. The lowest BCUT2D eigenvalue weighted by Crippen LogP contribution is -2.23. The average Bonchev–Trinajstić information content (AvgIpc) is 3.22. The zero-order valence-electron chi connectivity index (χ0n) is 16.0. The van der Waals surface area contributed by atoms with Crippen molar-refractivity contribution in [3.05, 3.63) is 81.7 Å². The van der Waals surface area contributed by atoms with Crippen LogP contribution in [0.2, 0.25) is 0 Å². The van der Waals surface area contributed by atoms with Gasteiger partial charge in [0.1, 0.15) is 10.5 Å². The van der Waals surface area contributed by atoms with Gasteiger partial charge >= 0.3 is 6.18 Å². The molecular weight excluding hydrogens is 466 g/mol. The average molecular weight is 479 g/mol. The van der Waals surface area contributed by atoms with Gasteiger partial charge in [-0.2, -0.15) is 13.2 Å². The van der Waals surface area contributed by atoms with E-state index >= 15 is 0 Å². The van der Waals surface area contributed by atoms with Gasteiger partial charge in [0.25, 0.3) is 5.56 Å². The molecule has 5 nitrogen and oxygen atoms in total. The van der Waals surface area contributed by atoms with E-state index in [-0.39, 0.29) is 22.3 Å². The third-order valence-corrected chi connectivity index (χ3v) is 6.21. The predicted octanol–water partition coefficient (Wildman–Crippen LogP) is 5.34. The number of rotatable bonds is 5. The van der Waals surface area contributed by atoms with Crippen molar-refractivity contribution in [1.29, 1.82) is 0 Å². The fourth-order valence-electron chi connectivity index (χ4n) is 2.99. The first-order valence-corrected chi connectivity index (χ1v) is 11.0. The topological polar surface area (TPSA) is 64.0 Å². The number of fused-ring (bicyclic) bond motifs is 1. The summed E-state index contributed by atoms with van der Waals surface area (Å²) in [6.45, 7) is 0. The van der Waals surface area contributed by atoms with Gasteiger partial charge in [-0.25, -0.2) is 9.37 Å². The maximum atomic E-state index is 14.4. The fraction of sp³-hybridized carbons (Fsp3) is 0.0952. The van der Waals surface area contributed by atoms with Gasteiger partial charge in [0.05, 0.1) is 28.2 Å². The molecule has 4 aromatic rings. The van der Waals surface area contributed by atoms with Gasteiger partial charge in [-0.15, -0.1) is 11.3 Å². The summed E-state index contributed by atoms with van der Waals surface area (Å²) in [5.41, 5.74) is -1.50. The lowest BCUT2D eigenvalue weighted by molar-refractivity contribution is -0.137. The highest BCUT2D eigenvalue weighted by molar-refractivity contribution is 7.99. The van der Waals surface area contributed by atoms with E-state index in [2.05, 4.69) is 10.3 Å². The van der Waals surface area contributed by atoms with Gasteiger partial charge in [0.2, 0.25) is 5.91 Å². The first-order chi connectivity index (χ1) is 15.3. The number of halogens is 4. The van der Waals surface area contributed by atoms with Crippen LogP contribution in [0.5, 0.6) is 0 Å². The number of benzene rings is 2. The van der Waals surface area contributed by atoms with Crippen molar-refractivity contribution < 1.29 is 22.4 Å². The van der Waals surface area contributed by atoms with Crippen LogP contribution in [0, 0.1) is 5.82 Å². The van der Waals surface area contributed by atoms with Crippen LogP contribution in [0.1, 0.15) is 5.56 Å². The molecule has 2 aromatic carbocycles. The first-order valence-electron chi connectivity index (χ1n) is 9.10. The Hall–Kier alpha value is -3.18. The van der Waals surface area contributed by atoms with Crippen molar-refractivity contribution in [1.82, 2.24) is 9.55 Å². The zero-order valence-corrected chi connectivity index (χ0v) is 17.7. The summed E-state index contributed by atoms with van der Waals surface area (Å²) >= 11 is 1.97. The molecule has 164 valence electrons. The number of thioether (sulfide) groups is 1. The number of carbonyl (C=O) groups excluding carboxylic acids is 1. The summed E-state index contributed by atoms with van der Waals surface area (Å²) in [5.74, 6) is -1.73. The van der Waals surface area contributed by atoms with E-state index in [1.807, 2.05) is 0 Å². The Morgan fingerprint density at radius 2 is 1.81 bits per heavy atom. The number of thiophene rings is 1. The van der Waals surface area contributed by atoms with Crippen LogP contribution >= 0.6 is 23.1 Å². The maximum absolute atomic E-state index is 14.4. The lowest BCUT2D eigenvalue weighted by Gasteiger charge is -2.14. The quantitative estimate of drug-likeness (QED) is 0.239. The second-order valence-electron chi connectivity index (χ2n) is 6.50.